The topological polar surface area (TPSA) is 29.1 Å². The van der Waals surface area contributed by atoms with Gasteiger partial charge in [-0.1, -0.05) is 43.3 Å². The Morgan fingerprint density at radius 1 is 1.13 bits per heavy atom. The number of hydrogen-bond acceptors (Lipinski definition) is 3. The zero-order valence-electron chi connectivity index (χ0n) is 13.0. The summed E-state index contributed by atoms with van der Waals surface area (Å²) in [5, 5.41) is 5.10. The highest BCUT2D eigenvalue weighted by Crippen LogP contribution is 2.33. The maximum Gasteiger partial charge on any atom is 0.261 e. The number of rotatable bonds is 6. The summed E-state index contributed by atoms with van der Waals surface area (Å²) in [6.07, 6.45) is 1.82. The Balaban J connectivity index is 1.70. The van der Waals surface area contributed by atoms with E-state index < -0.39 is 0 Å². The van der Waals surface area contributed by atoms with Gasteiger partial charge in [-0.2, -0.15) is 0 Å². The Morgan fingerprint density at radius 3 is 2.65 bits per heavy atom. The van der Waals surface area contributed by atoms with Crippen molar-refractivity contribution >= 4 is 28.6 Å². The van der Waals surface area contributed by atoms with Crippen LogP contribution in [0.1, 0.15) is 27.0 Å². The average Bonchev–Trinajstić information content (AvgIpc) is 3.25. The van der Waals surface area contributed by atoms with Crippen molar-refractivity contribution in [1.29, 1.82) is 0 Å². The minimum atomic E-state index is 0.0310. The fourth-order valence-corrected chi connectivity index (χ4v) is 4.36. The van der Waals surface area contributed by atoms with Crippen LogP contribution >= 0.6 is 22.7 Å². The Bertz CT molecular complexity index is 760. The molecule has 0 radical (unpaired) electrons. The summed E-state index contributed by atoms with van der Waals surface area (Å²) in [6, 6.07) is 16.5. The number of carbonyl (C=O) groups is 1. The zero-order chi connectivity index (χ0) is 16.1. The highest BCUT2D eigenvalue weighted by molar-refractivity contribution is 7.17. The van der Waals surface area contributed by atoms with Crippen LogP contribution in [-0.2, 0) is 12.8 Å². The van der Waals surface area contributed by atoms with Crippen LogP contribution in [0, 0.1) is 0 Å². The summed E-state index contributed by atoms with van der Waals surface area (Å²) in [4.78, 5) is 15.7. The van der Waals surface area contributed by atoms with E-state index in [-0.39, 0.29) is 5.91 Å². The molecule has 0 saturated heterocycles. The molecule has 0 unspecified atom stereocenters. The Labute approximate surface area is 144 Å². The molecule has 4 heteroatoms. The van der Waals surface area contributed by atoms with E-state index in [2.05, 4.69) is 35.8 Å². The number of benzene rings is 1. The molecule has 0 aliphatic carbocycles. The largest absolute Gasteiger partial charge is 0.351 e. The molecule has 2 aromatic heterocycles. The van der Waals surface area contributed by atoms with Gasteiger partial charge in [0.25, 0.3) is 5.91 Å². The Morgan fingerprint density at radius 2 is 1.96 bits per heavy atom. The van der Waals surface area contributed by atoms with Crippen molar-refractivity contribution in [3.05, 3.63) is 69.2 Å². The molecule has 23 heavy (non-hydrogen) atoms. The van der Waals surface area contributed by atoms with E-state index in [0.717, 1.165) is 17.7 Å². The molecule has 2 heterocycles. The molecule has 0 aliphatic heterocycles. The molecule has 0 fully saturated rings. The summed E-state index contributed by atoms with van der Waals surface area (Å²) >= 11 is 3.31. The number of carbonyl (C=O) groups excluding carboxylic acids is 1. The summed E-state index contributed by atoms with van der Waals surface area (Å²) in [6.45, 7) is 2.81. The lowest BCUT2D eigenvalue weighted by atomic mass is 10.1. The lowest BCUT2D eigenvalue weighted by Crippen LogP contribution is -2.24. The van der Waals surface area contributed by atoms with Crippen molar-refractivity contribution in [1.82, 2.24) is 5.32 Å². The quantitative estimate of drug-likeness (QED) is 0.671. The smallest absolute Gasteiger partial charge is 0.261 e. The molecule has 118 valence electrons. The molecule has 3 rings (SSSR count). The minimum absolute atomic E-state index is 0.0310. The fraction of sp³-hybridized carbons (Fsp3) is 0.211. The second-order valence-corrected chi connectivity index (χ2v) is 7.35. The lowest BCUT2D eigenvalue weighted by molar-refractivity contribution is 0.0958. The summed E-state index contributed by atoms with van der Waals surface area (Å²) < 4.78 is 0. The van der Waals surface area contributed by atoms with Gasteiger partial charge in [0.05, 0.1) is 4.88 Å². The predicted molar refractivity (Wildman–Crippen MR) is 99.5 cm³/mol. The van der Waals surface area contributed by atoms with E-state index in [1.807, 2.05) is 30.3 Å². The summed E-state index contributed by atoms with van der Waals surface area (Å²) in [5.41, 5.74) is 2.43. The van der Waals surface area contributed by atoms with Gasteiger partial charge in [0.1, 0.15) is 0 Å². The van der Waals surface area contributed by atoms with E-state index in [0.29, 0.717) is 6.54 Å². The molecule has 0 saturated carbocycles. The summed E-state index contributed by atoms with van der Waals surface area (Å²) in [7, 11) is 0. The van der Waals surface area contributed by atoms with Gasteiger partial charge in [-0.25, -0.2) is 0 Å². The van der Waals surface area contributed by atoms with Gasteiger partial charge in [0, 0.05) is 16.3 Å². The van der Waals surface area contributed by atoms with Crippen molar-refractivity contribution in [2.75, 3.05) is 6.54 Å². The van der Waals surface area contributed by atoms with Crippen molar-refractivity contribution in [3.8, 4) is 10.4 Å². The van der Waals surface area contributed by atoms with E-state index in [9.17, 15) is 4.79 Å². The number of hydrogen-bond donors (Lipinski definition) is 1. The van der Waals surface area contributed by atoms with Crippen molar-refractivity contribution in [2.24, 2.45) is 0 Å². The lowest BCUT2D eigenvalue weighted by Gasteiger charge is -2.02. The van der Waals surface area contributed by atoms with Crippen LogP contribution < -0.4 is 5.32 Å². The van der Waals surface area contributed by atoms with Crippen LogP contribution in [0.25, 0.3) is 10.4 Å². The molecule has 1 amide bonds. The van der Waals surface area contributed by atoms with Crippen molar-refractivity contribution < 1.29 is 4.79 Å². The normalized spacial score (nSPS) is 10.7. The first kappa shape index (κ1) is 16.0. The monoisotopic (exact) mass is 341 g/mol. The van der Waals surface area contributed by atoms with Gasteiger partial charge in [0.15, 0.2) is 0 Å². The van der Waals surface area contributed by atoms with Gasteiger partial charge >= 0.3 is 0 Å². The number of thiophene rings is 2. The molecule has 1 N–H and O–H groups in total. The highest BCUT2D eigenvalue weighted by atomic mass is 32.1. The number of nitrogens with one attached hydrogen (secondary N) is 1. The van der Waals surface area contributed by atoms with Crippen LogP contribution in [0.3, 0.4) is 0 Å². The molecule has 3 aromatic rings. The first-order valence-corrected chi connectivity index (χ1v) is 9.46. The Hall–Kier alpha value is -1.91. The van der Waals surface area contributed by atoms with Crippen LogP contribution in [0.5, 0.6) is 0 Å². The second kappa shape index (κ2) is 7.57. The fourth-order valence-electron chi connectivity index (χ4n) is 2.48. The standard InChI is InChI=1S/C19H19NOS2/c1-2-14-13-17(23-18(14)15-7-4-3-5-8-15)19(21)20-11-10-16-9-6-12-22-16/h3-9,12-13H,2,10-11H2,1H3,(H,20,21). The Kier molecular flexibility index (Phi) is 5.26. The third-order valence-corrected chi connectivity index (χ3v) is 5.85. The SMILES string of the molecule is CCc1cc(C(=O)NCCc2cccs2)sc1-c1ccccc1. The molecule has 0 atom stereocenters. The third kappa shape index (κ3) is 3.89. The molecular weight excluding hydrogens is 322 g/mol. The number of aryl methyl sites for hydroxylation is 1. The van der Waals surface area contributed by atoms with E-state index in [4.69, 9.17) is 0 Å². The van der Waals surface area contributed by atoms with E-state index in [1.54, 1.807) is 22.7 Å². The average molecular weight is 342 g/mol. The van der Waals surface area contributed by atoms with Crippen molar-refractivity contribution in [3.63, 3.8) is 0 Å². The van der Waals surface area contributed by atoms with Gasteiger partial charge in [0.2, 0.25) is 0 Å². The highest BCUT2D eigenvalue weighted by Gasteiger charge is 2.14. The van der Waals surface area contributed by atoms with Gasteiger partial charge in [-0.15, -0.1) is 22.7 Å². The third-order valence-electron chi connectivity index (χ3n) is 3.69. The maximum atomic E-state index is 12.4. The first-order valence-electron chi connectivity index (χ1n) is 7.76. The maximum absolute atomic E-state index is 12.4. The van der Waals surface area contributed by atoms with Crippen LogP contribution in [0.2, 0.25) is 0 Å². The minimum Gasteiger partial charge on any atom is -0.351 e. The molecule has 0 spiro atoms. The van der Waals surface area contributed by atoms with Crippen LogP contribution in [0.15, 0.2) is 53.9 Å². The van der Waals surface area contributed by atoms with Crippen LogP contribution in [-0.4, -0.2) is 12.5 Å². The predicted octanol–water partition coefficient (Wildman–Crippen LogP) is 5.01. The van der Waals surface area contributed by atoms with E-state index >= 15 is 0 Å². The molecule has 0 aliphatic rings. The van der Waals surface area contributed by atoms with Crippen LogP contribution in [0.4, 0.5) is 0 Å². The molecule has 1 aromatic carbocycles. The second-order valence-electron chi connectivity index (χ2n) is 5.27. The van der Waals surface area contributed by atoms with Gasteiger partial charge in [-0.3, -0.25) is 4.79 Å². The van der Waals surface area contributed by atoms with Gasteiger partial charge in [-0.05, 0) is 41.5 Å². The summed E-state index contributed by atoms with van der Waals surface area (Å²) in [5.74, 6) is 0.0310. The van der Waals surface area contributed by atoms with Gasteiger partial charge < -0.3 is 5.32 Å². The molecule has 0 bridgehead atoms. The van der Waals surface area contributed by atoms with E-state index in [1.165, 1.54) is 20.9 Å². The first-order chi connectivity index (χ1) is 11.3. The van der Waals surface area contributed by atoms with Crippen molar-refractivity contribution in [2.45, 2.75) is 19.8 Å². The molecular formula is C19H19NOS2. The molecule has 2 nitrogen and oxygen atoms in total. The number of amides is 1. The zero-order valence-corrected chi connectivity index (χ0v) is 14.7.